The van der Waals surface area contributed by atoms with Gasteiger partial charge in [-0.2, -0.15) is 0 Å². The summed E-state index contributed by atoms with van der Waals surface area (Å²) in [6.07, 6.45) is 4.53. The van der Waals surface area contributed by atoms with Gasteiger partial charge in [0.05, 0.1) is 13.2 Å². The van der Waals surface area contributed by atoms with Crippen molar-refractivity contribution in [2.45, 2.75) is 44.6 Å². The third-order valence-electron chi connectivity index (χ3n) is 5.50. The Kier molecular flexibility index (Phi) is 11.1. The molecule has 1 N–H and O–H groups in total. The molecule has 0 bridgehead atoms. The number of ether oxygens (including phenoxy) is 3. The number of benzene rings is 1. The molecule has 0 spiro atoms. The van der Waals surface area contributed by atoms with Gasteiger partial charge in [0.1, 0.15) is 5.75 Å². The lowest BCUT2D eigenvalue weighted by atomic mass is 9.98. The number of hydrogen-bond acceptors (Lipinski definition) is 4. The maximum absolute atomic E-state index is 5.95. The van der Waals surface area contributed by atoms with Crippen LogP contribution < -0.4 is 10.1 Å². The number of aliphatic imine (C=N–C) groups is 1. The van der Waals surface area contributed by atoms with E-state index >= 15 is 0 Å². The lowest BCUT2D eigenvalue weighted by Crippen LogP contribution is -2.40. The average Bonchev–Trinajstić information content (AvgIpc) is 3.24. The van der Waals surface area contributed by atoms with E-state index in [0.717, 1.165) is 83.4 Å². The molecule has 2 aliphatic heterocycles. The molecule has 2 heterocycles. The Morgan fingerprint density at radius 1 is 1.21 bits per heavy atom. The first-order chi connectivity index (χ1) is 13.8. The highest BCUT2D eigenvalue weighted by Crippen LogP contribution is 2.28. The topological polar surface area (TPSA) is 55.3 Å². The lowest BCUT2D eigenvalue weighted by Gasteiger charge is -2.23. The molecular formula is C22H36IN3O3. The number of likely N-dealkylation sites (tertiary alicyclic amines) is 1. The molecule has 0 amide bonds. The van der Waals surface area contributed by atoms with E-state index in [-0.39, 0.29) is 24.0 Å². The Bertz CT molecular complexity index is 606. The zero-order valence-electron chi connectivity index (χ0n) is 17.8. The second-order valence-corrected chi connectivity index (χ2v) is 7.48. The van der Waals surface area contributed by atoms with Gasteiger partial charge in [0.25, 0.3) is 0 Å². The molecule has 164 valence electrons. The van der Waals surface area contributed by atoms with Crippen molar-refractivity contribution in [1.29, 1.82) is 0 Å². The summed E-state index contributed by atoms with van der Waals surface area (Å²) >= 11 is 0. The van der Waals surface area contributed by atoms with Crippen LogP contribution in [0.2, 0.25) is 0 Å². The number of rotatable bonds is 8. The van der Waals surface area contributed by atoms with Crippen LogP contribution in [0.25, 0.3) is 0 Å². The summed E-state index contributed by atoms with van der Waals surface area (Å²) < 4.78 is 16.6. The molecule has 0 aliphatic carbocycles. The third-order valence-corrected chi connectivity index (χ3v) is 5.50. The van der Waals surface area contributed by atoms with Crippen LogP contribution in [0.3, 0.4) is 0 Å². The van der Waals surface area contributed by atoms with Crippen LogP contribution in [-0.4, -0.2) is 70.1 Å². The van der Waals surface area contributed by atoms with Gasteiger partial charge in [-0.1, -0.05) is 12.1 Å². The summed E-state index contributed by atoms with van der Waals surface area (Å²) in [7, 11) is 1.71. The van der Waals surface area contributed by atoms with E-state index in [0.29, 0.717) is 12.0 Å². The van der Waals surface area contributed by atoms with Crippen LogP contribution >= 0.6 is 24.0 Å². The van der Waals surface area contributed by atoms with Gasteiger partial charge in [-0.05, 0) is 50.3 Å². The molecule has 2 fully saturated rings. The average molecular weight is 517 g/mol. The molecule has 0 saturated carbocycles. The van der Waals surface area contributed by atoms with E-state index in [2.05, 4.69) is 41.4 Å². The summed E-state index contributed by atoms with van der Waals surface area (Å²) in [5.41, 5.74) is 1.38. The first-order valence-corrected chi connectivity index (χ1v) is 10.7. The molecule has 6 nitrogen and oxygen atoms in total. The largest absolute Gasteiger partial charge is 0.497 e. The van der Waals surface area contributed by atoms with Gasteiger partial charge in [-0.3, -0.25) is 4.99 Å². The van der Waals surface area contributed by atoms with Crippen molar-refractivity contribution >= 4 is 29.9 Å². The summed E-state index contributed by atoms with van der Waals surface area (Å²) in [6.45, 7) is 8.31. The van der Waals surface area contributed by atoms with E-state index in [1.54, 1.807) is 7.11 Å². The minimum atomic E-state index is 0. The fraction of sp³-hybridized carbons (Fsp3) is 0.682. The molecule has 2 saturated heterocycles. The molecule has 2 aliphatic rings. The Labute approximate surface area is 192 Å². The highest BCUT2D eigenvalue weighted by molar-refractivity contribution is 14.0. The van der Waals surface area contributed by atoms with Gasteiger partial charge < -0.3 is 24.4 Å². The van der Waals surface area contributed by atoms with Crippen molar-refractivity contribution in [3.8, 4) is 5.75 Å². The smallest absolute Gasteiger partial charge is 0.193 e. The summed E-state index contributed by atoms with van der Waals surface area (Å²) in [4.78, 5) is 7.23. The van der Waals surface area contributed by atoms with Gasteiger partial charge in [0.15, 0.2) is 5.96 Å². The van der Waals surface area contributed by atoms with Crippen molar-refractivity contribution < 1.29 is 14.2 Å². The van der Waals surface area contributed by atoms with Crippen molar-refractivity contribution in [2.24, 2.45) is 4.99 Å². The maximum atomic E-state index is 5.95. The Morgan fingerprint density at radius 2 is 1.97 bits per heavy atom. The molecule has 0 aromatic heterocycles. The number of halogens is 1. The van der Waals surface area contributed by atoms with E-state index in [1.165, 1.54) is 5.56 Å². The minimum absolute atomic E-state index is 0. The van der Waals surface area contributed by atoms with Crippen molar-refractivity contribution in [3.63, 3.8) is 0 Å². The quantitative estimate of drug-likeness (QED) is 0.247. The number of nitrogens with one attached hydrogen (secondary N) is 1. The summed E-state index contributed by atoms with van der Waals surface area (Å²) in [5.74, 6) is 2.49. The molecule has 0 radical (unpaired) electrons. The van der Waals surface area contributed by atoms with Gasteiger partial charge in [-0.25, -0.2) is 0 Å². The Morgan fingerprint density at radius 3 is 2.66 bits per heavy atom. The zero-order chi connectivity index (χ0) is 19.6. The number of nitrogens with zero attached hydrogens (tertiary/aromatic N) is 2. The van der Waals surface area contributed by atoms with Crippen LogP contribution in [0.5, 0.6) is 5.75 Å². The molecule has 1 aromatic carbocycles. The maximum Gasteiger partial charge on any atom is 0.193 e. The first-order valence-electron chi connectivity index (χ1n) is 10.7. The van der Waals surface area contributed by atoms with Crippen molar-refractivity contribution in [2.75, 3.05) is 53.1 Å². The van der Waals surface area contributed by atoms with Crippen molar-refractivity contribution in [1.82, 2.24) is 10.2 Å². The number of hydrogen-bond donors (Lipinski definition) is 1. The first kappa shape index (κ1) is 24.2. The van der Waals surface area contributed by atoms with E-state index in [9.17, 15) is 0 Å². The van der Waals surface area contributed by atoms with E-state index in [4.69, 9.17) is 19.2 Å². The second kappa shape index (κ2) is 13.3. The Balaban J connectivity index is 0.00000300. The lowest BCUT2D eigenvalue weighted by molar-refractivity contribution is -0.0318. The second-order valence-electron chi connectivity index (χ2n) is 7.48. The number of methoxy groups -OCH3 is 1. The highest BCUT2D eigenvalue weighted by atomic mass is 127. The minimum Gasteiger partial charge on any atom is -0.497 e. The summed E-state index contributed by atoms with van der Waals surface area (Å²) in [5, 5.41) is 3.45. The van der Waals surface area contributed by atoms with Crippen LogP contribution in [0, 0.1) is 0 Å². The predicted molar refractivity (Wildman–Crippen MR) is 128 cm³/mol. The monoisotopic (exact) mass is 517 g/mol. The molecule has 29 heavy (non-hydrogen) atoms. The van der Waals surface area contributed by atoms with Gasteiger partial charge >= 0.3 is 0 Å². The van der Waals surface area contributed by atoms with E-state index in [1.807, 2.05) is 0 Å². The SMILES string of the molecule is CCNC(=NCCCOC1CCOCC1)N1CCC(c2ccc(OC)cc2)C1.I. The molecule has 3 rings (SSSR count). The van der Waals surface area contributed by atoms with Crippen LogP contribution in [0.4, 0.5) is 0 Å². The molecule has 1 unspecified atom stereocenters. The normalized spacial score (nSPS) is 20.4. The standard InChI is InChI=1S/C22H35N3O3.HI/c1-3-23-22(24-12-4-14-28-21-10-15-27-16-11-21)25-13-9-19(17-25)18-5-7-20(26-2)8-6-18;/h5-8,19,21H,3-4,9-17H2,1-2H3,(H,23,24);1H. The van der Waals surface area contributed by atoms with Crippen LogP contribution in [-0.2, 0) is 9.47 Å². The fourth-order valence-electron chi connectivity index (χ4n) is 3.87. The van der Waals surface area contributed by atoms with E-state index < -0.39 is 0 Å². The highest BCUT2D eigenvalue weighted by Gasteiger charge is 2.26. The fourth-order valence-corrected chi connectivity index (χ4v) is 3.87. The summed E-state index contributed by atoms with van der Waals surface area (Å²) in [6, 6.07) is 8.47. The molecular weight excluding hydrogens is 481 g/mol. The molecule has 7 heteroatoms. The van der Waals surface area contributed by atoms with Crippen molar-refractivity contribution in [3.05, 3.63) is 29.8 Å². The van der Waals surface area contributed by atoms with Crippen LogP contribution in [0.15, 0.2) is 29.3 Å². The van der Waals surface area contributed by atoms with Gasteiger partial charge in [0.2, 0.25) is 0 Å². The molecule has 1 atom stereocenters. The third kappa shape index (κ3) is 7.61. The Hall–Kier alpha value is -1.06. The van der Waals surface area contributed by atoms with Gasteiger partial charge in [0, 0.05) is 51.9 Å². The number of guanidine groups is 1. The zero-order valence-corrected chi connectivity index (χ0v) is 20.1. The predicted octanol–water partition coefficient (Wildman–Crippen LogP) is 3.65. The molecule has 1 aromatic rings. The van der Waals surface area contributed by atoms with Crippen LogP contribution in [0.1, 0.15) is 44.1 Å². The van der Waals surface area contributed by atoms with Gasteiger partial charge in [-0.15, -0.1) is 24.0 Å².